The fraction of sp³-hybridized carbons (Fsp3) is 1.00. The topological polar surface area (TPSA) is 9.23 Å². The molecule has 0 saturated heterocycles. The Morgan fingerprint density at radius 1 is 0.448 bits per heavy atom. The van der Waals surface area contributed by atoms with Gasteiger partial charge in [0.2, 0.25) is 0 Å². The van der Waals surface area contributed by atoms with E-state index in [0.717, 1.165) is 18.4 Å². The maximum Gasteiger partial charge on any atom is 0.0487 e. The second kappa shape index (κ2) is 24.2. The van der Waals surface area contributed by atoms with Crippen molar-refractivity contribution < 1.29 is 4.74 Å². The van der Waals surface area contributed by atoms with Crippen LogP contribution in [0.25, 0.3) is 0 Å². The van der Waals surface area contributed by atoms with E-state index in [9.17, 15) is 0 Å². The number of hydrogen-bond donors (Lipinski definition) is 0. The average molecular weight is 411 g/mol. The van der Waals surface area contributed by atoms with Gasteiger partial charge in [-0.05, 0) is 18.3 Å². The Bertz CT molecular complexity index is 260. The first-order chi connectivity index (χ1) is 14.2. The maximum atomic E-state index is 5.20. The van der Waals surface area contributed by atoms with E-state index < -0.39 is 0 Å². The van der Waals surface area contributed by atoms with Crippen LogP contribution in [0.3, 0.4) is 0 Å². The fourth-order valence-electron chi connectivity index (χ4n) is 4.64. The SMILES string of the molecule is CCCC(C)CCCCCCCCCCCCCCCCCCCC(C)COC. The molecular weight excluding hydrogens is 352 g/mol. The van der Waals surface area contributed by atoms with Crippen molar-refractivity contribution in [3.8, 4) is 0 Å². The first-order valence-electron chi connectivity index (χ1n) is 13.7. The Kier molecular flexibility index (Phi) is 24.2. The molecule has 176 valence electrons. The second-order valence-electron chi connectivity index (χ2n) is 10.0. The van der Waals surface area contributed by atoms with Crippen molar-refractivity contribution >= 4 is 0 Å². The molecule has 0 saturated carbocycles. The van der Waals surface area contributed by atoms with Crippen LogP contribution in [0.2, 0.25) is 0 Å². The Morgan fingerprint density at radius 3 is 1.07 bits per heavy atom. The van der Waals surface area contributed by atoms with Crippen LogP contribution in [0, 0.1) is 11.8 Å². The number of ether oxygens (including phenoxy) is 1. The predicted molar refractivity (Wildman–Crippen MR) is 133 cm³/mol. The zero-order chi connectivity index (χ0) is 21.4. The van der Waals surface area contributed by atoms with Gasteiger partial charge in [-0.15, -0.1) is 0 Å². The summed E-state index contributed by atoms with van der Waals surface area (Å²) in [6, 6.07) is 0. The highest BCUT2D eigenvalue weighted by Gasteiger charge is 2.01. The highest BCUT2D eigenvalue weighted by molar-refractivity contribution is 4.55. The molecule has 0 amide bonds. The third kappa shape index (κ3) is 24.1. The predicted octanol–water partition coefficient (Wildman–Crippen LogP) is 10.1. The first-order valence-corrected chi connectivity index (χ1v) is 13.7. The molecule has 0 aromatic rings. The second-order valence-corrected chi connectivity index (χ2v) is 10.0. The van der Waals surface area contributed by atoms with Crippen LogP contribution in [-0.2, 0) is 4.74 Å². The van der Waals surface area contributed by atoms with E-state index >= 15 is 0 Å². The lowest BCUT2D eigenvalue weighted by molar-refractivity contribution is 0.154. The van der Waals surface area contributed by atoms with E-state index in [1.165, 1.54) is 135 Å². The van der Waals surface area contributed by atoms with Gasteiger partial charge in [-0.25, -0.2) is 0 Å². The summed E-state index contributed by atoms with van der Waals surface area (Å²) in [5, 5.41) is 0. The van der Waals surface area contributed by atoms with Gasteiger partial charge in [-0.2, -0.15) is 0 Å². The monoisotopic (exact) mass is 410 g/mol. The fourth-order valence-corrected chi connectivity index (χ4v) is 4.64. The molecule has 0 radical (unpaired) electrons. The molecule has 0 spiro atoms. The lowest BCUT2D eigenvalue weighted by atomic mass is 9.98. The maximum absolute atomic E-state index is 5.20. The number of methoxy groups -OCH3 is 1. The van der Waals surface area contributed by atoms with E-state index in [-0.39, 0.29) is 0 Å². The summed E-state index contributed by atoms with van der Waals surface area (Å²) < 4.78 is 5.20. The molecule has 0 aliphatic carbocycles. The molecule has 0 aliphatic heterocycles. The summed E-state index contributed by atoms with van der Waals surface area (Å²) in [4.78, 5) is 0. The van der Waals surface area contributed by atoms with Crippen molar-refractivity contribution in [1.29, 1.82) is 0 Å². The summed E-state index contributed by atoms with van der Waals surface area (Å²) >= 11 is 0. The van der Waals surface area contributed by atoms with Gasteiger partial charge in [0.1, 0.15) is 0 Å². The van der Waals surface area contributed by atoms with E-state index in [4.69, 9.17) is 4.74 Å². The minimum atomic E-state index is 0.740. The van der Waals surface area contributed by atoms with Crippen molar-refractivity contribution in [3.63, 3.8) is 0 Å². The lowest BCUT2D eigenvalue weighted by Crippen LogP contribution is -2.02. The van der Waals surface area contributed by atoms with Gasteiger partial charge in [-0.1, -0.05) is 149 Å². The normalized spacial score (nSPS) is 13.7. The van der Waals surface area contributed by atoms with Crippen LogP contribution in [-0.4, -0.2) is 13.7 Å². The Morgan fingerprint density at radius 2 is 0.759 bits per heavy atom. The van der Waals surface area contributed by atoms with Crippen molar-refractivity contribution in [2.45, 2.75) is 156 Å². The van der Waals surface area contributed by atoms with E-state index in [2.05, 4.69) is 20.8 Å². The standard InChI is InChI=1S/C28H58O/c1-5-23-27(2)24-21-19-17-15-13-11-9-7-6-8-10-12-14-16-18-20-22-25-28(3)26-29-4/h27-28H,5-26H2,1-4H3. The molecule has 0 rings (SSSR count). The molecular formula is C28H58O. The molecule has 1 nitrogen and oxygen atoms in total. The van der Waals surface area contributed by atoms with E-state index in [1.807, 2.05) is 7.11 Å². The summed E-state index contributed by atoms with van der Waals surface area (Å²) in [7, 11) is 1.81. The van der Waals surface area contributed by atoms with Crippen molar-refractivity contribution in [3.05, 3.63) is 0 Å². The molecule has 0 aromatic heterocycles. The summed E-state index contributed by atoms with van der Waals surface area (Å²) in [5.74, 6) is 1.70. The molecule has 0 aromatic carbocycles. The largest absolute Gasteiger partial charge is 0.384 e. The summed E-state index contributed by atoms with van der Waals surface area (Å²) in [6.07, 6.45) is 30.5. The van der Waals surface area contributed by atoms with Crippen molar-refractivity contribution in [1.82, 2.24) is 0 Å². The van der Waals surface area contributed by atoms with Crippen LogP contribution < -0.4 is 0 Å². The average Bonchev–Trinajstić information content (AvgIpc) is 2.70. The van der Waals surface area contributed by atoms with Gasteiger partial charge in [0.15, 0.2) is 0 Å². The first kappa shape index (κ1) is 29.0. The van der Waals surface area contributed by atoms with Gasteiger partial charge in [0.05, 0.1) is 0 Å². The Balaban J connectivity index is 3.07. The highest BCUT2D eigenvalue weighted by Crippen LogP contribution is 2.17. The smallest absolute Gasteiger partial charge is 0.0487 e. The molecule has 2 unspecified atom stereocenters. The third-order valence-corrected chi connectivity index (χ3v) is 6.63. The molecule has 0 N–H and O–H groups in total. The van der Waals surface area contributed by atoms with Crippen molar-refractivity contribution in [2.75, 3.05) is 13.7 Å². The van der Waals surface area contributed by atoms with Gasteiger partial charge >= 0.3 is 0 Å². The number of unbranched alkanes of at least 4 members (excludes halogenated alkanes) is 16. The van der Waals surface area contributed by atoms with Crippen LogP contribution in [0.15, 0.2) is 0 Å². The zero-order valence-corrected chi connectivity index (χ0v) is 21.1. The van der Waals surface area contributed by atoms with E-state index in [0.29, 0.717) is 0 Å². The van der Waals surface area contributed by atoms with Gasteiger partial charge in [0, 0.05) is 13.7 Å². The van der Waals surface area contributed by atoms with Crippen LogP contribution >= 0.6 is 0 Å². The summed E-state index contributed by atoms with van der Waals surface area (Å²) in [5.41, 5.74) is 0. The summed E-state index contributed by atoms with van der Waals surface area (Å²) in [6.45, 7) is 7.97. The van der Waals surface area contributed by atoms with Crippen LogP contribution in [0.1, 0.15) is 156 Å². The van der Waals surface area contributed by atoms with Crippen LogP contribution in [0.4, 0.5) is 0 Å². The van der Waals surface area contributed by atoms with Crippen molar-refractivity contribution in [2.24, 2.45) is 11.8 Å². The zero-order valence-electron chi connectivity index (χ0n) is 21.1. The van der Waals surface area contributed by atoms with Gasteiger partial charge in [-0.3, -0.25) is 0 Å². The molecule has 0 fully saturated rings. The molecule has 0 aliphatic rings. The molecule has 0 heterocycles. The van der Waals surface area contributed by atoms with Gasteiger partial charge < -0.3 is 4.74 Å². The molecule has 2 atom stereocenters. The minimum absolute atomic E-state index is 0.740. The minimum Gasteiger partial charge on any atom is -0.384 e. The lowest BCUT2D eigenvalue weighted by Gasteiger charge is -2.09. The number of hydrogen-bond acceptors (Lipinski definition) is 1. The number of rotatable bonds is 24. The molecule has 0 bridgehead atoms. The molecule has 29 heavy (non-hydrogen) atoms. The quantitative estimate of drug-likeness (QED) is 0.144. The Labute approximate surface area is 186 Å². The molecule has 1 heteroatoms. The van der Waals surface area contributed by atoms with Crippen LogP contribution in [0.5, 0.6) is 0 Å². The van der Waals surface area contributed by atoms with E-state index in [1.54, 1.807) is 0 Å². The highest BCUT2D eigenvalue weighted by atomic mass is 16.5. The third-order valence-electron chi connectivity index (χ3n) is 6.63. The Hall–Kier alpha value is -0.0400. The van der Waals surface area contributed by atoms with Gasteiger partial charge in [0.25, 0.3) is 0 Å².